The van der Waals surface area contributed by atoms with E-state index < -0.39 is 0 Å². The molecule has 0 aliphatic rings. The average molecular weight is 625 g/mol. The van der Waals surface area contributed by atoms with Gasteiger partial charge < -0.3 is 9.72 Å². The molecule has 0 unspecified atom stereocenters. The molecule has 5 aromatic rings. The van der Waals surface area contributed by atoms with Crippen molar-refractivity contribution in [3.05, 3.63) is 114 Å². The summed E-state index contributed by atoms with van der Waals surface area (Å²) in [5.74, 6) is 1.21. The van der Waals surface area contributed by atoms with E-state index in [0.29, 0.717) is 11.5 Å². The van der Waals surface area contributed by atoms with Crippen molar-refractivity contribution in [1.29, 1.82) is 0 Å². The average Bonchev–Trinajstić information content (AvgIpc) is 3.29. The van der Waals surface area contributed by atoms with Crippen LogP contribution in [0.2, 0.25) is 0 Å². The summed E-state index contributed by atoms with van der Waals surface area (Å²) in [4.78, 5) is 4.39. The number of rotatable bonds is 5. The molecule has 34 heavy (non-hydrogen) atoms. The van der Waals surface area contributed by atoms with Crippen LogP contribution in [-0.2, 0) is 21.1 Å². The standard InChI is InChI=1S/C29H23N3O.Pt/c1-20-16-21(2)29(22(3)17-20)28-13-15-32(31-28)24-9-7-11-26(19-24)33-25-10-6-8-23(18-25)27-12-4-5-14-30-27;/h4-17H,1-3H3;/q-2;+2. The van der Waals surface area contributed by atoms with E-state index in [1.807, 2.05) is 71.5 Å². The normalized spacial score (nSPS) is 10.6. The van der Waals surface area contributed by atoms with Crippen molar-refractivity contribution >= 4 is 0 Å². The maximum Gasteiger partial charge on any atom is 2.00 e. The van der Waals surface area contributed by atoms with Crippen LogP contribution in [-0.4, -0.2) is 14.8 Å². The summed E-state index contributed by atoms with van der Waals surface area (Å²) < 4.78 is 7.89. The van der Waals surface area contributed by atoms with Gasteiger partial charge >= 0.3 is 21.1 Å². The zero-order valence-electron chi connectivity index (χ0n) is 19.1. The minimum atomic E-state index is 0. The molecule has 3 aromatic carbocycles. The maximum atomic E-state index is 6.07. The van der Waals surface area contributed by atoms with E-state index in [2.05, 4.69) is 50.0 Å². The van der Waals surface area contributed by atoms with Gasteiger partial charge in [0.1, 0.15) is 0 Å². The quantitative estimate of drug-likeness (QED) is 0.200. The Hall–Kier alpha value is -3.49. The molecule has 4 nitrogen and oxygen atoms in total. The number of hydrogen-bond donors (Lipinski definition) is 0. The molecule has 0 bridgehead atoms. The molecular formula is C29H23N3OPt. The molecule has 0 saturated carbocycles. The molecule has 0 aliphatic carbocycles. The van der Waals surface area contributed by atoms with Gasteiger partial charge in [-0.15, -0.1) is 42.0 Å². The minimum Gasteiger partial charge on any atom is -0.503 e. The maximum absolute atomic E-state index is 6.07. The molecule has 0 saturated heterocycles. The van der Waals surface area contributed by atoms with Crippen LogP contribution in [0.15, 0.2) is 85.2 Å². The van der Waals surface area contributed by atoms with Crippen LogP contribution < -0.4 is 4.74 Å². The summed E-state index contributed by atoms with van der Waals surface area (Å²) in [7, 11) is 0. The van der Waals surface area contributed by atoms with Crippen LogP contribution in [0.3, 0.4) is 0 Å². The first-order chi connectivity index (χ1) is 16.1. The van der Waals surface area contributed by atoms with Crippen molar-refractivity contribution in [2.75, 3.05) is 0 Å². The second-order valence-corrected chi connectivity index (χ2v) is 8.07. The van der Waals surface area contributed by atoms with Gasteiger partial charge in [-0.3, -0.25) is 4.68 Å². The van der Waals surface area contributed by atoms with Gasteiger partial charge in [-0.25, -0.2) is 0 Å². The van der Waals surface area contributed by atoms with Gasteiger partial charge in [0.2, 0.25) is 0 Å². The molecule has 0 fully saturated rings. The van der Waals surface area contributed by atoms with Crippen molar-refractivity contribution in [1.82, 2.24) is 14.8 Å². The van der Waals surface area contributed by atoms with Crippen molar-refractivity contribution < 1.29 is 25.8 Å². The first-order valence-corrected chi connectivity index (χ1v) is 10.8. The molecule has 0 spiro atoms. The van der Waals surface area contributed by atoms with Crippen LogP contribution in [0.1, 0.15) is 16.7 Å². The van der Waals surface area contributed by atoms with Gasteiger partial charge in [0.05, 0.1) is 5.69 Å². The predicted molar refractivity (Wildman–Crippen MR) is 131 cm³/mol. The van der Waals surface area contributed by atoms with E-state index in [1.165, 1.54) is 22.3 Å². The van der Waals surface area contributed by atoms with Crippen molar-refractivity contribution in [3.8, 4) is 39.7 Å². The molecule has 5 rings (SSSR count). The topological polar surface area (TPSA) is 39.9 Å². The SMILES string of the molecule is Cc1cc(C)c(-c2ccn(-c3[c-]c(Oc4[c-]c(-c5ccccn5)ccc4)ccc3)n2)c(C)c1.[Pt+2]. The molecule has 0 radical (unpaired) electrons. The third-order valence-electron chi connectivity index (χ3n) is 5.45. The third kappa shape index (κ3) is 5.03. The summed E-state index contributed by atoms with van der Waals surface area (Å²) in [6, 6.07) is 30.4. The zero-order chi connectivity index (χ0) is 22.8. The first-order valence-electron chi connectivity index (χ1n) is 10.8. The number of hydrogen-bond acceptors (Lipinski definition) is 3. The molecular weight excluding hydrogens is 601 g/mol. The Kier molecular flexibility index (Phi) is 7.09. The largest absolute Gasteiger partial charge is 2.00 e. The van der Waals surface area contributed by atoms with E-state index >= 15 is 0 Å². The fourth-order valence-corrected chi connectivity index (χ4v) is 4.10. The second kappa shape index (κ2) is 10.2. The van der Waals surface area contributed by atoms with Crippen LogP contribution in [0.5, 0.6) is 11.5 Å². The smallest absolute Gasteiger partial charge is 0.503 e. The Morgan fingerprint density at radius 1 is 0.765 bits per heavy atom. The van der Waals surface area contributed by atoms with E-state index in [1.54, 1.807) is 6.20 Å². The number of ether oxygens (including phenoxy) is 1. The van der Waals surface area contributed by atoms with Gasteiger partial charge in [0.25, 0.3) is 0 Å². The molecule has 2 heterocycles. The van der Waals surface area contributed by atoms with Gasteiger partial charge in [-0.05, 0) is 55.4 Å². The van der Waals surface area contributed by atoms with E-state index in [-0.39, 0.29) is 21.1 Å². The molecule has 0 amide bonds. The number of pyridine rings is 1. The molecule has 5 heteroatoms. The number of aryl methyl sites for hydroxylation is 3. The molecule has 0 N–H and O–H groups in total. The Morgan fingerprint density at radius 2 is 1.50 bits per heavy atom. The number of nitrogens with zero attached hydrogens (tertiary/aromatic N) is 3. The van der Waals surface area contributed by atoms with Gasteiger partial charge in [-0.1, -0.05) is 35.9 Å². The first kappa shape index (κ1) is 23.7. The summed E-state index contributed by atoms with van der Waals surface area (Å²) >= 11 is 0. The molecule has 170 valence electrons. The van der Waals surface area contributed by atoms with E-state index in [4.69, 9.17) is 9.84 Å². The third-order valence-corrected chi connectivity index (χ3v) is 5.45. The minimum absolute atomic E-state index is 0. The van der Waals surface area contributed by atoms with Crippen LogP contribution >= 0.6 is 0 Å². The van der Waals surface area contributed by atoms with Gasteiger partial charge in [0.15, 0.2) is 0 Å². The Labute approximate surface area is 214 Å². The molecule has 0 aliphatic heterocycles. The van der Waals surface area contributed by atoms with Crippen LogP contribution in [0, 0.1) is 32.9 Å². The summed E-state index contributed by atoms with van der Waals surface area (Å²) in [5.41, 5.74) is 8.37. The fourth-order valence-electron chi connectivity index (χ4n) is 4.10. The summed E-state index contributed by atoms with van der Waals surface area (Å²) in [6.45, 7) is 6.38. The Balaban J connectivity index is 0.00000274. The molecule has 0 atom stereocenters. The van der Waals surface area contributed by atoms with Crippen LogP contribution in [0.4, 0.5) is 0 Å². The second-order valence-electron chi connectivity index (χ2n) is 8.07. The molecule has 2 aromatic heterocycles. The number of aromatic nitrogens is 3. The number of benzene rings is 3. The fraction of sp³-hybridized carbons (Fsp3) is 0.103. The monoisotopic (exact) mass is 624 g/mol. The van der Waals surface area contributed by atoms with Crippen LogP contribution in [0.25, 0.3) is 28.2 Å². The summed E-state index contributed by atoms with van der Waals surface area (Å²) in [6.07, 6.45) is 3.73. The van der Waals surface area contributed by atoms with E-state index in [9.17, 15) is 0 Å². The van der Waals surface area contributed by atoms with Gasteiger partial charge in [-0.2, -0.15) is 11.2 Å². The van der Waals surface area contributed by atoms with Crippen molar-refractivity contribution in [2.45, 2.75) is 20.8 Å². The Bertz CT molecular complexity index is 1400. The predicted octanol–water partition coefficient (Wildman–Crippen LogP) is 6.92. The van der Waals surface area contributed by atoms with Gasteiger partial charge in [0, 0.05) is 29.5 Å². The van der Waals surface area contributed by atoms with E-state index in [0.717, 1.165) is 22.6 Å². The van der Waals surface area contributed by atoms with Crippen molar-refractivity contribution in [3.63, 3.8) is 0 Å². The van der Waals surface area contributed by atoms with Crippen molar-refractivity contribution in [2.24, 2.45) is 0 Å². The zero-order valence-corrected chi connectivity index (χ0v) is 21.4. The summed E-state index contributed by atoms with van der Waals surface area (Å²) in [5, 5.41) is 4.82. The Morgan fingerprint density at radius 3 is 2.24 bits per heavy atom.